The van der Waals surface area contributed by atoms with E-state index < -0.39 is 0 Å². The van der Waals surface area contributed by atoms with Crippen molar-refractivity contribution in [3.05, 3.63) is 130 Å². The van der Waals surface area contributed by atoms with Gasteiger partial charge in [-0.05, 0) is 91.6 Å². The largest absolute Gasteiger partial charge is 0.205 e. The maximum atomic E-state index is 15.1. The molecule has 0 aliphatic carbocycles. The van der Waals surface area contributed by atoms with Crippen molar-refractivity contribution in [2.75, 3.05) is 0 Å². The summed E-state index contributed by atoms with van der Waals surface area (Å²) in [6.45, 7) is 4.28. The summed E-state index contributed by atoms with van der Waals surface area (Å²) in [6.07, 6.45) is 13.8. The maximum Gasteiger partial charge on any atom is 0.146 e. The predicted molar refractivity (Wildman–Crippen MR) is 164 cm³/mol. The van der Waals surface area contributed by atoms with Gasteiger partial charge in [0.15, 0.2) is 0 Å². The van der Waals surface area contributed by atoms with Gasteiger partial charge in [-0.1, -0.05) is 105 Å². The van der Waals surface area contributed by atoms with Crippen LogP contribution < -0.4 is 0 Å². The lowest BCUT2D eigenvalue weighted by molar-refractivity contribution is 0.632. The van der Waals surface area contributed by atoms with Crippen molar-refractivity contribution in [1.29, 1.82) is 0 Å². The molecule has 1 heteroatoms. The fraction of sp³-hybridized carbons (Fsp3) is 0.263. The van der Waals surface area contributed by atoms with Crippen LogP contribution in [0.2, 0.25) is 0 Å². The van der Waals surface area contributed by atoms with Crippen LogP contribution in [0, 0.1) is 29.5 Å². The van der Waals surface area contributed by atoms with Gasteiger partial charge in [-0.3, -0.25) is 0 Å². The van der Waals surface area contributed by atoms with Crippen LogP contribution in [0.15, 0.2) is 91.0 Å². The number of benzene rings is 4. The molecule has 196 valence electrons. The molecule has 0 saturated heterocycles. The highest BCUT2D eigenvalue weighted by atomic mass is 19.1. The van der Waals surface area contributed by atoms with Crippen molar-refractivity contribution in [2.24, 2.45) is 0 Å². The van der Waals surface area contributed by atoms with Gasteiger partial charge in [0.2, 0.25) is 0 Å². The predicted octanol–water partition coefficient (Wildman–Crippen LogP) is 9.80. The molecule has 0 aromatic heterocycles. The van der Waals surface area contributed by atoms with Gasteiger partial charge in [0.25, 0.3) is 0 Å². The second-order valence-corrected chi connectivity index (χ2v) is 10.0. The van der Waals surface area contributed by atoms with E-state index in [1.165, 1.54) is 43.2 Å². The molecular weight excluding hydrogens is 475 g/mol. The minimum absolute atomic E-state index is 0.259. The highest BCUT2D eigenvalue weighted by Gasteiger charge is 2.06. The summed E-state index contributed by atoms with van der Waals surface area (Å²) >= 11 is 0. The summed E-state index contributed by atoms with van der Waals surface area (Å²) < 4.78 is 15.1. The Morgan fingerprint density at radius 2 is 1.26 bits per heavy atom. The minimum Gasteiger partial charge on any atom is -0.205 e. The van der Waals surface area contributed by atoms with E-state index in [0.717, 1.165) is 41.3 Å². The molecule has 0 saturated carbocycles. The average Bonchev–Trinajstić information content (AvgIpc) is 2.97. The summed E-state index contributed by atoms with van der Waals surface area (Å²) in [6, 6.07) is 26.1. The molecular formula is C38H37F. The first kappa shape index (κ1) is 28.0. The molecule has 0 nitrogen and oxygen atoms in total. The van der Waals surface area contributed by atoms with Crippen LogP contribution in [0.3, 0.4) is 0 Å². The molecule has 4 rings (SSSR count). The standard InChI is InChI=1S/C38H37F/c1-3-5-7-8-10-11-30-13-15-31(16-14-30)17-18-32-19-21-33(22-20-32)23-25-35-26-27-36-29-34(12-9-6-4-2)24-28-37(36)38(35)39/h4,6,13-16,19-22,24,26-29H,3,5,7-12H2,1-2H3/b6-4+. The number of rotatable bonds is 9. The van der Waals surface area contributed by atoms with Gasteiger partial charge in [-0.2, -0.15) is 0 Å². The maximum absolute atomic E-state index is 15.1. The Kier molecular flexibility index (Phi) is 10.6. The Balaban J connectivity index is 1.37. The number of allylic oxidation sites excluding steroid dienone is 2. The van der Waals surface area contributed by atoms with Crippen LogP contribution >= 0.6 is 0 Å². The summed E-state index contributed by atoms with van der Waals surface area (Å²) in [5.41, 5.74) is 5.80. The molecule has 0 aliphatic rings. The van der Waals surface area contributed by atoms with Gasteiger partial charge in [-0.25, -0.2) is 4.39 Å². The highest BCUT2D eigenvalue weighted by Crippen LogP contribution is 2.23. The number of hydrogen-bond acceptors (Lipinski definition) is 0. The molecule has 0 N–H and O–H groups in total. The van der Waals surface area contributed by atoms with Crippen LogP contribution in [0.5, 0.6) is 0 Å². The molecule has 0 heterocycles. The third-order valence-electron chi connectivity index (χ3n) is 6.95. The third-order valence-corrected chi connectivity index (χ3v) is 6.95. The van der Waals surface area contributed by atoms with E-state index in [0.29, 0.717) is 10.9 Å². The second-order valence-electron chi connectivity index (χ2n) is 10.0. The normalized spacial score (nSPS) is 10.7. The Morgan fingerprint density at radius 3 is 1.92 bits per heavy atom. The van der Waals surface area contributed by atoms with E-state index in [1.54, 1.807) is 6.07 Å². The van der Waals surface area contributed by atoms with Gasteiger partial charge in [0, 0.05) is 22.1 Å². The van der Waals surface area contributed by atoms with E-state index in [1.807, 2.05) is 49.4 Å². The van der Waals surface area contributed by atoms with Crippen LogP contribution in [-0.4, -0.2) is 0 Å². The fourth-order valence-corrected chi connectivity index (χ4v) is 4.62. The van der Waals surface area contributed by atoms with E-state index in [2.05, 4.69) is 73.1 Å². The van der Waals surface area contributed by atoms with E-state index in [9.17, 15) is 0 Å². The zero-order valence-corrected chi connectivity index (χ0v) is 23.2. The van der Waals surface area contributed by atoms with Gasteiger partial charge < -0.3 is 0 Å². The SMILES string of the molecule is C/C=C/CCc1ccc2c(F)c(C#Cc3ccc(C#Cc4ccc(CCCCCCC)cc4)cc3)ccc2c1. The zero-order chi connectivity index (χ0) is 27.3. The fourth-order valence-electron chi connectivity index (χ4n) is 4.62. The molecule has 0 bridgehead atoms. The molecule has 0 aliphatic heterocycles. The lowest BCUT2D eigenvalue weighted by Crippen LogP contribution is -1.89. The van der Waals surface area contributed by atoms with Crippen LogP contribution in [0.25, 0.3) is 10.8 Å². The minimum atomic E-state index is -0.259. The van der Waals surface area contributed by atoms with E-state index in [4.69, 9.17) is 0 Å². The number of halogens is 1. The second kappa shape index (κ2) is 14.8. The summed E-state index contributed by atoms with van der Waals surface area (Å²) in [4.78, 5) is 0. The summed E-state index contributed by atoms with van der Waals surface area (Å²) in [5, 5.41) is 1.53. The molecule has 0 atom stereocenters. The quantitative estimate of drug-likeness (QED) is 0.119. The first-order chi connectivity index (χ1) is 19.2. The lowest BCUT2D eigenvalue weighted by Gasteiger charge is -2.05. The summed E-state index contributed by atoms with van der Waals surface area (Å²) in [7, 11) is 0. The molecule has 0 amide bonds. The van der Waals surface area contributed by atoms with Crippen LogP contribution in [0.4, 0.5) is 4.39 Å². The lowest BCUT2D eigenvalue weighted by atomic mass is 10.0. The first-order valence-corrected chi connectivity index (χ1v) is 14.2. The van der Waals surface area contributed by atoms with Crippen molar-refractivity contribution in [3.63, 3.8) is 0 Å². The summed E-state index contributed by atoms with van der Waals surface area (Å²) in [5.74, 6) is 12.3. The van der Waals surface area contributed by atoms with Crippen molar-refractivity contribution in [3.8, 4) is 23.7 Å². The Morgan fingerprint density at radius 1 is 0.641 bits per heavy atom. The van der Waals surface area contributed by atoms with Gasteiger partial charge in [0.05, 0.1) is 5.56 Å². The molecule has 0 unspecified atom stereocenters. The average molecular weight is 513 g/mol. The van der Waals surface area contributed by atoms with E-state index >= 15 is 4.39 Å². The van der Waals surface area contributed by atoms with Crippen LogP contribution in [-0.2, 0) is 12.8 Å². The number of aryl methyl sites for hydroxylation is 2. The van der Waals surface area contributed by atoms with Gasteiger partial charge in [-0.15, -0.1) is 0 Å². The molecule has 0 spiro atoms. The number of fused-ring (bicyclic) bond motifs is 1. The molecule has 39 heavy (non-hydrogen) atoms. The smallest absolute Gasteiger partial charge is 0.146 e. The van der Waals surface area contributed by atoms with Gasteiger partial charge in [0.1, 0.15) is 5.82 Å². The molecule has 0 radical (unpaired) electrons. The monoisotopic (exact) mass is 512 g/mol. The van der Waals surface area contributed by atoms with E-state index in [-0.39, 0.29) is 5.82 Å². The topological polar surface area (TPSA) is 0 Å². The number of unbranched alkanes of at least 4 members (excludes halogenated alkanes) is 4. The van der Waals surface area contributed by atoms with Crippen molar-refractivity contribution in [2.45, 2.75) is 65.2 Å². The molecule has 4 aromatic rings. The Hall–Kier alpha value is -4.07. The van der Waals surface area contributed by atoms with Crippen molar-refractivity contribution >= 4 is 10.8 Å². The Labute approximate surface area is 234 Å². The number of hydrogen-bond donors (Lipinski definition) is 0. The molecule has 4 aromatic carbocycles. The van der Waals surface area contributed by atoms with Crippen molar-refractivity contribution < 1.29 is 4.39 Å². The Bertz CT molecular complexity index is 1510. The third kappa shape index (κ3) is 8.46. The van der Waals surface area contributed by atoms with Gasteiger partial charge >= 0.3 is 0 Å². The first-order valence-electron chi connectivity index (χ1n) is 14.2. The molecule has 0 fully saturated rings. The highest BCUT2D eigenvalue weighted by molar-refractivity contribution is 5.85. The zero-order valence-electron chi connectivity index (χ0n) is 23.2. The van der Waals surface area contributed by atoms with Crippen LogP contribution in [0.1, 0.15) is 85.8 Å². The van der Waals surface area contributed by atoms with Crippen molar-refractivity contribution in [1.82, 2.24) is 0 Å².